The minimum Gasteiger partial charge on any atom is -0.507 e. The highest BCUT2D eigenvalue weighted by atomic mass is 16.6. The van der Waals surface area contributed by atoms with Crippen LogP contribution in [0.1, 0.15) is 34.0 Å². The topological polar surface area (TPSA) is 98.9 Å². The molecule has 1 heterocycles. The second-order valence-corrected chi connectivity index (χ2v) is 6.78. The number of fused-ring (bicyclic) bond motifs is 1. The molecule has 0 fully saturated rings. The molecule has 0 aliphatic carbocycles. The van der Waals surface area contributed by atoms with Crippen LogP contribution in [0.15, 0.2) is 24.3 Å². The van der Waals surface area contributed by atoms with E-state index in [1.165, 1.54) is 24.3 Å². The first kappa shape index (κ1) is 18.7. The van der Waals surface area contributed by atoms with Crippen molar-refractivity contribution < 1.29 is 24.3 Å². The van der Waals surface area contributed by atoms with Crippen LogP contribution >= 0.6 is 0 Å². The van der Waals surface area contributed by atoms with Crippen LogP contribution in [-0.4, -0.2) is 28.5 Å². The Labute approximate surface area is 156 Å². The quantitative estimate of drug-likeness (QED) is 0.647. The van der Waals surface area contributed by atoms with E-state index < -0.39 is 16.9 Å². The van der Waals surface area contributed by atoms with Gasteiger partial charge in [0.15, 0.2) is 5.78 Å². The third-order valence-electron chi connectivity index (χ3n) is 5.15. The van der Waals surface area contributed by atoms with Crippen molar-refractivity contribution in [1.29, 1.82) is 0 Å². The van der Waals surface area contributed by atoms with Crippen LogP contribution < -0.4 is 9.47 Å². The van der Waals surface area contributed by atoms with Gasteiger partial charge in [-0.2, -0.15) is 0 Å². The lowest BCUT2D eigenvalue weighted by Gasteiger charge is -2.33. The molecule has 2 unspecified atom stereocenters. The SMILES string of the molecule is Cc1c(C)c2c(c(C)c1O)C(=O)C(COc1ccc([N+](=O)[O-])cc1)C(C)O2. The normalized spacial score (nSPS) is 18.6. The minimum absolute atomic E-state index is 0.0290. The van der Waals surface area contributed by atoms with Crippen LogP contribution in [0.25, 0.3) is 0 Å². The Morgan fingerprint density at radius 3 is 2.37 bits per heavy atom. The lowest BCUT2D eigenvalue weighted by Crippen LogP contribution is -2.40. The van der Waals surface area contributed by atoms with Crippen LogP contribution in [0.5, 0.6) is 17.2 Å². The van der Waals surface area contributed by atoms with E-state index in [0.717, 1.165) is 5.56 Å². The molecule has 0 amide bonds. The van der Waals surface area contributed by atoms with E-state index in [9.17, 15) is 20.0 Å². The number of carbonyl (C=O) groups excluding carboxylic acids is 1. The molecule has 2 aromatic rings. The molecule has 7 heteroatoms. The van der Waals surface area contributed by atoms with Gasteiger partial charge in [0.1, 0.15) is 30.0 Å². The fourth-order valence-electron chi connectivity index (χ4n) is 3.28. The number of non-ortho nitro benzene ring substituents is 1. The smallest absolute Gasteiger partial charge is 0.269 e. The largest absolute Gasteiger partial charge is 0.507 e. The Hall–Kier alpha value is -3.09. The van der Waals surface area contributed by atoms with Gasteiger partial charge < -0.3 is 14.6 Å². The Kier molecular flexibility index (Phi) is 4.78. The Morgan fingerprint density at radius 2 is 1.78 bits per heavy atom. The predicted octanol–water partition coefficient (Wildman–Crippen LogP) is 3.88. The number of ether oxygens (including phenoxy) is 2. The van der Waals surface area contributed by atoms with E-state index in [-0.39, 0.29) is 23.8 Å². The molecule has 0 aromatic heterocycles. The second-order valence-electron chi connectivity index (χ2n) is 6.78. The van der Waals surface area contributed by atoms with Gasteiger partial charge in [-0.3, -0.25) is 14.9 Å². The maximum absolute atomic E-state index is 13.1. The lowest BCUT2D eigenvalue weighted by atomic mass is 9.85. The summed E-state index contributed by atoms with van der Waals surface area (Å²) in [7, 11) is 0. The van der Waals surface area contributed by atoms with Gasteiger partial charge in [-0.1, -0.05) is 0 Å². The van der Waals surface area contributed by atoms with Gasteiger partial charge in [0.2, 0.25) is 0 Å². The molecule has 1 N–H and O–H groups in total. The third-order valence-corrected chi connectivity index (χ3v) is 5.15. The van der Waals surface area contributed by atoms with Crippen molar-refractivity contribution in [2.45, 2.75) is 33.8 Å². The van der Waals surface area contributed by atoms with Crippen LogP contribution in [-0.2, 0) is 0 Å². The standard InChI is InChI=1S/C20H21NO6/c1-10-11(2)20-17(12(3)18(10)22)19(23)16(13(4)27-20)9-26-15-7-5-14(6-8-15)21(24)25/h5-8,13,16,22H,9H2,1-4H3. The number of Topliss-reactive ketones (excluding diaryl/α,β-unsaturated/α-hetero) is 1. The van der Waals surface area contributed by atoms with Crippen LogP contribution in [0.3, 0.4) is 0 Å². The summed E-state index contributed by atoms with van der Waals surface area (Å²) in [5.41, 5.74) is 2.32. The molecule has 3 rings (SSSR count). The van der Waals surface area contributed by atoms with Crippen molar-refractivity contribution in [3.63, 3.8) is 0 Å². The fourth-order valence-corrected chi connectivity index (χ4v) is 3.28. The van der Waals surface area contributed by atoms with Crippen molar-refractivity contribution in [2.24, 2.45) is 5.92 Å². The molecular formula is C20H21NO6. The zero-order valence-corrected chi connectivity index (χ0v) is 15.6. The summed E-state index contributed by atoms with van der Waals surface area (Å²) in [6.07, 6.45) is -0.398. The average Bonchev–Trinajstić information content (AvgIpc) is 2.64. The molecule has 142 valence electrons. The maximum atomic E-state index is 13.1. The van der Waals surface area contributed by atoms with Crippen molar-refractivity contribution in [2.75, 3.05) is 6.61 Å². The minimum atomic E-state index is -0.548. The van der Waals surface area contributed by atoms with Gasteiger partial charge in [-0.05, 0) is 51.0 Å². The van der Waals surface area contributed by atoms with E-state index in [1.54, 1.807) is 13.8 Å². The number of benzene rings is 2. The van der Waals surface area contributed by atoms with E-state index in [0.29, 0.717) is 28.2 Å². The predicted molar refractivity (Wildman–Crippen MR) is 98.8 cm³/mol. The molecule has 0 spiro atoms. The number of nitro benzene ring substituents is 1. The fraction of sp³-hybridized carbons (Fsp3) is 0.350. The number of rotatable bonds is 4. The van der Waals surface area contributed by atoms with Crippen LogP contribution in [0, 0.1) is 36.8 Å². The molecule has 27 heavy (non-hydrogen) atoms. The molecule has 1 aliphatic rings. The Bertz CT molecular complexity index is 919. The summed E-state index contributed by atoms with van der Waals surface area (Å²) in [5, 5.41) is 21.0. The second kappa shape index (κ2) is 6.90. The maximum Gasteiger partial charge on any atom is 0.269 e. The summed E-state index contributed by atoms with van der Waals surface area (Å²) in [6, 6.07) is 5.69. The van der Waals surface area contributed by atoms with Crippen molar-refractivity contribution in [3.05, 3.63) is 56.6 Å². The number of ketones is 1. The third kappa shape index (κ3) is 3.20. The molecule has 2 aromatic carbocycles. The number of phenols is 1. The molecule has 0 radical (unpaired) electrons. The van der Waals surface area contributed by atoms with Gasteiger partial charge in [0.05, 0.1) is 16.4 Å². The van der Waals surface area contributed by atoms with Gasteiger partial charge in [0.25, 0.3) is 5.69 Å². The highest BCUT2D eigenvalue weighted by Gasteiger charge is 2.38. The molecule has 0 saturated heterocycles. The van der Waals surface area contributed by atoms with Gasteiger partial charge in [-0.15, -0.1) is 0 Å². The highest BCUT2D eigenvalue weighted by Crippen LogP contribution is 2.42. The number of nitro groups is 1. The summed E-state index contributed by atoms with van der Waals surface area (Å²) in [4.78, 5) is 23.3. The number of aromatic hydroxyl groups is 1. The summed E-state index contributed by atoms with van der Waals surface area (Å²) < 4.78 is 11.7. The summed E-state index contributed by atoms with van der Waals surface area (Å²) in [6.45, 7) is 7.19. The number of phenolic OH excluding ortho intramolecular Hbond substituents is 1. The Balaban J connectivity index is 1.84. The van der Waals surface area contributed by atoms with Crippen molar-refractivity contribution in [1.82, 2.24) is 0 Å². The molecule has 2 atom stereocenters. The van der Waals surface area contributed by atoms with Gasteiger partial charge >= 0.3 is 0 Å². The lowest BCUT2D eigenvalue weighted by molar-refractivity contribution is -0.384. The average molecular weight is 371 g/mol. The van der Waals surface area contributed by atoms with E-state index >= 15 is 0 Å². The number of hydrogen-bond acceptors (Lipinski definition) is 6. The van der Waals surface area contributed by atoms with Crippen LogP contribution in [0.4, 0.5) is 5.69 Å². The van der Waals surface area contributed by atoms with Crippen molar-refractivity contribution in [3.8, 4) is 17.2 Å². The first-order chi connectivity index (χ1) is 12.7. The van der Waals surface area contributed by atoms with Gasteiger partial charge in [0, 0.05) is 17.7 Å². The summed E-state index contributed by atoms with van der Waals surface area (Å²) >= 11 is 0. The number of carbonyl (C=O) groups is 1. The molecule has 7 nitrogen and oxygen atoms in total. The molecular weight excluding hydrogens is 350 g/mol. The molecule has 0 saturated carbocycles. The number of nitrogens with zero attached hydrogens (tertiary/aromatic N) is 1. The van der Waals surface area contributed by atoms with Gasteiger partial charge in [-0.25, -0.2) is 0 Å². The molecule has 1 aliphatic heterocycles. The zero-order chi connectivity index (χ0) is 19.9. The Morgan fingerprint density at radius 1 is 1.15 bits per heavy atom. The van der Waals surface area contributed by atoms with Crippen molar-refractivity contribution >= 4 is 11.5 Å². The van der Waals surface area contributed by atoms with E-state index in [2.05, 4.69) is 0 Å². The first-order valence-electron chi connectivity index (χ1n) is 8.63. The summed E-state index contributed by atoms with van der Waals surface area (Å²) in [5.74, 6) is 0.375. The monoisotopic (exact) mass is 371 g/mol. The zero-order valence-electron chi connectivity index (χ0n) is 15.6. The van der Waals surface area contributed by atoms with E-state index in [4.69, 9.17) is 9.47 Å². The number of hydrogen-bond donors (Lipinski definition) is 1. The van der Waals surface area contributed by atoms with E-state index in [1.807, 2.05) is 13.8 Å². The van der Waals surface area contributed by atoms with Crippen LogP contribution in [0.2, 0.25) is 0 Å². The first-order valence-corrected chi connectivity index (χ1v) is 8.63. The molecule has 0 bridgehead atoms. The highest BCUT2D eigenvalue weighted by molar-refractivity contribution is 6.04.